The fraction of sp³-hybridized carbons (Fsp3) is 0.381. The van der Waals surface area contributed by atoms with E-state index in [4.69, 9.17) is 18.9 Å². The molecule has 0 unspecified atom stereocenters. The normalized spacial score (nSPS) is 14.4. The van der Waals surface area contributed by atoms with Crippen LogP contribution >= 0.6 is 24.0 Å². The third-order valence-corrected chi connectivity index (χ3v) is 4.74. The van der Waals surface area contributed by atoms with Crippen LogP contribution in [0.1, 0.15) is 17.5 Å². The number of hydrogen-bond acceptors (Lipinski definition) is 6. The average Bonchev–Trinajstić information content (AvgIpc) is 3.07. The molecule has 2 aromatic carbocycles. The van der Waals surface area contributed by atoms with Crippen molar-refractivity contribution in [3.8, 4) is 28.7 Å². The van der Waals surface area contributed by atoms with Crippen LogP contribution in [0.4, 0.5) is 8.78 Å². The molecule has 2 aliphatic heterocycles. The highest BCUT2D eigenvalue weighted by molar-refractivity contribution is 14.0. The fourth-order valence-corrected chi connectivity index (χ4v) is 3.28. The maximum atomic E-state index is 12.8. The van der Waals surface area contributed by atoms with E-state index < -0.39 is 6.61 Å². The number of nitrogens with one attached hydrogen (secondary N) is 2. The monoisotopic (exact) mass is 563 g/mol. The minimum absolute atomic E-state index is 0. The molecule has 0 amide bonds. The number of benzene rings is 2. The average molecular weight is 563 g/mol. The van der Waals surface area contributed by atoms with Gasteiger partial charge in [-0.25, -0.2) is 0 Å². The van der Waals surface area contributed by atoms with Crippen LogP contribution in [0.2, 0.25) is 0 Å². The van der Waals surface area contributed by atoms with E-state index in [1.54, 1.807) is 13.1 Å². The van der Waals surface area contributed by atoms with Gasteiger partial charge in [-0.05, 0) is 12.1 Å². The first-order valence-corrected chi connectivity index (χ1v) is 9.83. The third-order valence-electron chi connectivity index (χ3n) is 4.74. The molecule has 0 fully saturated rings. The number of hydrogen-bond donors (Lipinski definition) is 2. The largest absolute Gasteiger partial charge is 0.490 e. The highest BCUT2D eigenvalue weighted by Gasteiger charge is 2.20. The molecule has 11 heteroatoms. The zero-order chi connectivity index (χ0) is 21.6. The van der Waals surface area contributed by atoms with Crippen molar-refractivity contribution in [3.63, 3.8) is 0 Å². The fourth-order valence-electron chi connectivity index (χ4n) is 3.28. The molecule has 0 saturated heterocycles. The van der Waals surface area contributed by atoms with Gasteiger partial charge in [0.2, 0.25) is 6.79 Å². The molecule has 4 rings (SSSR count). The molecule has 2 aromatic rings. The second-order valence-electron chi connectivity index (χ2n) is 6.77. The van der Waals surface area contributed by atoms with Crippen molar-refractivity contribution in [1.82, 2.24) is 10.6 Å². The smallest absolute Gasteiger partial charge is 0.387 e. The molecule has 2 aliphatic rings. The number of halogens is 3. The standard InChI is InChI=1S/C21H23F2N3O5.HI/c1-24-21(25-10-13-4-2-5-15-19(13)28-7-3-6-27-15)26-11-14-8-17-18(30-12-29-17)9-16(14)31-20(22)23;/h2,4-5,8-9,20H,3,6-7,10-12H2,1H3,(H2,24,25,26);1H. The zero-order valence-corrected chi connectivity index (χ0v) is 19.7. The number of rotatable bonds is 6. The molecule has 8 nitrogen and oxygen atoms in total. The Morgan fingerprint density at radius 1 is 1.00 bits per heavy atom. The van der Waals surface area contributed by atoms with Crippen molar-refractivity contribution >= 4 is 29.9 Å². The van der Waals surface area contributed by atoms with Crippen LogP contribution in [0.3, 0.4) is 0 Å². The number of aliphatic imine (C=N–C) groups is 1. The zero-order valence-electron chi connectivity index (χ0n) is 17.4. The van der Waals surface area contributed by atoms with Gasteiger partial charge in [0.05, 0.1) is 13.2 Å². The predicted molar refractivity (Wildman–Crippen MR) is 124 cm³/mol. The highest BCUT2D eigenvalue weighted by Crippen LogP contribution is 2.38. The summed E-state index contributed by atoms with van der Waals surface area (Å²) < 4.78 is 52.4. The Hall–Kier alpha value is -2.70. The van der Waals surface area contributed by atoms with E-state index in [1.165, 1.54) is 6.07 Å². The first-order valence-electron chi connectivity index (χ1n) is 9.83. The van der Waals surface area contributed by atoms with Crippen LogP contribution in [0.25, 0.3) is 0 Å². The van der Waals surface area contributed by atoms with E-state index >= 15 is 0 Å². The van der Waals surface area contributed by atoms with Gasteiger partial charge in [-0.15, -0.1) is 24.0 Å². The van der Waals surface area contributed by atoms with Crippen LogP contribution in [0.5, 0.6) is 28.7 Å². The van der Waals surface area contributed by atoms with Gasteiger partial charge in [-0.2, -0.15) is 8.78 Å². The van der Waals surface area contributed by atoms with E-state index in [9.17, 15) is 8.78 Å². The maximum absolute atomic E-state index is 12.8. The number of alkyl halides is 2. The van der Waals surface area contributed by atoms with Gasteiger partial charge < -0.3 is 34.3 Å². The van der Waals surface area contributed by atoms with E-state index in [2.05, 4.69) is 20.4 Å². The molecular weight excluding hydrogens is 539 g/mol. The van der Waals surface area contributed by atoms with E-state index in [1.807, 2.05) is 18.2 Å². The van der Waals surface area contributed by atoms with Crippen LogP contribution in [-0.4, -0.2) is 39.6 Å². The lowest BCUT2D eigenvalue weighted by molar-refractivity contribution is -0.0505. The quantitative estimate of drug-likeness (QED) is 0.316. The number of fused-ring (bicyclic) bond motifs is 2. The molecule has 0 spiro atoms. The Kier molecular flexibility index (Phi) is 8.42. The summed E-state index contributed by atoms with van der Waals surface area (Å²) in [6.45, 7) is -1.08. The summed E-state index contributed by atoms with van der Waals surface area (Å²) in [6.07, 6.45) is 0.823. The molecule has 0 aliphatic carbocycles. The van der Waals surface area contributed by atoms with Crippen LogP contribution in [0, 0.1) is 0 Å². The molecular formula is C21H24F2IN3O5. The Balaban J connectivity index is 0.00000289. The lowest BCUT2D eigenvalue weighted by atomic mass is 10.1. The van der Waals surface area contributed by atoms with Crippen molar-refractivity contribution < 1.29 is 32.5 Å². The summed E-state index contributed by atoms with van der Waals surface area (Å²) in [6, 6.07) is 8.74. The molecule has 2 N–H and O–H groups in total. The van der Waals surface area contributed by atoms with E-state index in [-0.39, 0.29) is 43.1 Å². The summed E-state index contributed by atoms with van der Waals surface area (Å²) in [5, 5.41) is 6.30. The Bertz CT molecular complexity index is 961. The topological polar surface area (TPSA) is 82.6 Å². The second kappa shape index (κ2) is 11.2. The highest BCUT2D eigenvalue weighted by atomic mass is 127. The van der Waals surface area contributed by atoms with Gasteiger partial charge in [-0.1, -0.05) is 12.1 Å². The molecule has 0 radical (unpaired) electrons. The molecule has 32 heavy (non-hydrogen) atoms. The van der Waals surface area contributed by atoms with Gasteiger partial charge in [0.15, 0.2) is 29.0 Å². The molecule has 0 aromatic heterocycles. The number of guanidine groups is 1. The summed E-state index contributed by atoms with van der Waals surface area (Å²) in [7, 11) is 1.62. The van der Waals surface area contributed by atoms with Crippen LogP contribution in [0.15, 0.2) is 35.3 Å². The molecule has 2 heterocycles. The van der Waals surface area contributed by atoms with Crippen molar-refractivity contribution in [2.45, 2.75) is 26.1 Å². The van der Waals surface area contributed by atoms with Crippen molar-refractivity contribution in [2.75, 3.05) is 27.1 Å². The summed E-state index contributed by atoms with van der Waals surface area (Å²) in [5.74, 6) is 2.77. The molecule has 174 valence electrons. The lowest BCUT2D eigenvalue weighted by Gasteiger charge is -2.17. The SMILES string of the molecule is CN=C(NCc1cc2c(cc1OC(F)F)OCO2)NCc1cccc2c1OCCCO2.I. The lowest BCUT2D eigenvalue weighted by Crippen LogP contribution is -2.36. The molecule has 0 atom stereocenters. The van der Waals surface area contributed by atoms with Gasteiger partial charge in [0.1, 0.15) is 5.75 Å². The third kappa shape index (κ3) is 5.75. The van der Waals surface area contributed by atoms with E-state index in [0.29, 0.717) is 54.3 Å². The minimum atomic E-state index is -2.95. The number of nitrogens with zero attached hydrogens (tertiary/aromatic N) is 1. The van der Waals surface area contributed by atoms with Gasteiger partial charge in [0, 0.05) is 43.8 Å². The van der Waals surface area contributed by atoms with Crippen molar-refractivity contribution in [1.29, 1.82) is 0 Å². The van der Waals surface area contributed by atoms with Crippen molar-refractivity contribution in [3.05, 3.63) is 41.5 Å². The predicted octanol–water partition coefficient (Wildman–Crippen LogP) is 3.66. The van der Waals surface area contributed by atoms with Gasteiger partial charge in [-0.3, -0.25) is 4.99 Å². The Labute approximate surface area is 201 Å². The number of ether oxygens (including phenoxy) is 5. The van der Waals surface area contributed by atoms with Crippen LogP contribution < -0.4 is 34.3 Å². The molecule has 0 bridgehead atoms. The van der Waals surface area contributed by atoms with Gasteiger partial charge in [0.25, 0.3) is 0 Å². The summed E-state index contributed by atoms with van der Waals surface area (Å²) >= 11 is 0. The first-order chi connectivity index (χ1) is 15.1. The van der Waals surface area contributed by atoms with Gasteiger partial charge >= 0.3 is 6.61 Å². The number of para-hydroxylation sites is 1. The summed E-state index contributed by atoms with van der Waals surface area (Å²) in [4.78, 5) is 4.19. The maximum Gasteiger partial charge on any atom is 0.387 e. The second-order valence-corrected chi connectivity index (χ2v) is 6.77. The Morgan fingerprint density at radius 3 is 2.47 bits per heavy atom. The summed E-state index contributed by atoms with van der Waals surface area (Å²) in [5.41, 5.74) is 1.41. The van der Waals surface area contributed by atoms with Crippen molar-refractivity contribution in [2.24, 2.45) is 4.99 Å². The van der Waals surface area contributed by atoms with Crippen LogP contribution in [-0.2, 0) is 13.1 Å². The minimum Gasteiger partial charge on any atom is -0.490 e. The van der Waals surface area contributed by atoms with E-state index in [0.717, 1.165) is 12.0 Å². The molecule has 0 saturated carbocycles. The first kappa shape index (κ1) is 24.0. The Morgan fingerprint density at radius 2 is 1.72 bits per heavy atom.